The third kappa shape index (κ3) is 4.70. The molecule has 0 saturated heterocycles. The maximum Gasteiger partial charge on any atom is 0.121 e. The maximum absolute atomic E-state index is 12.4. The molecule has 0 spiro atoms. The smallest absolute Gasteiger partial charge is 0.121 e. The van der Waals surface area contributed by atoms with Crippen molar-refractivity contribution in [2.75, 3.05) is 0 Å². The number of nitrogens with one attached hydrogen (secondary N) is 1. The van der Waals surface area contributed by atoms with Crippen LogP contribution in [0.1, 0.15) is 38.1 Å². The molecular weight excluding hydrogens is 306 g/mol. The molecule has 2 aromatic rings. The van der Waals surface area contributed by atoms with Crippen molar-refractivity contribution < 1.29 is 8.63 Å². The fraction of sp³-hybridized carbons (Fsp3) is 0.375. The van der Waals surface area contributed by atoms with Crippen LogP contribution in [-0.2, 0) is 17.4 Å². The fourth-order valence-electron chi connectivity index (χ4n) is 1.85. The molecule has 0 aliphatic heterocycles. The van der Waals surface area contributed by atoms with E-state index in [9.17, 15) is 4.21 Å². The first-order valence-electron chi connectivity index (χ1n) is 6.82. The summed E-state index contributed by atoms with van der Waals surface area (Å²) in [5.74, 6) is 0.780. The van der Waals surface area contributed by atoms with Crippen LogP contribution in [0.5, 0.6) is 0 Å². The summed E-state index contributed by atoms with van der Waals surface area (Å²) in [6, 6.07) is 11.3. The molecule has 0 fully saturated rings. The quantitative estimate of drug-likeness (QED) is 0.892. The van der Waals surface area contributed by atoms with Gasteiger partial charge in [0.2, 0.25) is 0 Å². The van der Waals surface area contributed by atoms with Crippen molar-refractivity contribution in [3.63, 3.8) is 0 Å². The van der Waals surface area contributed by atoms with Crippen LogP contribution < -0.4 is 4.72 Å². The SMILES string of the molecule is CC(C)(C)S(=O)NC(Cc1ccc(Cl)cc1)c1ccco1. The molecule has 5 heteroatoms. The van der Waals surface area contributed by atoms with Crippen LogP contribution in [0, 0.1) is 0 Å². The summed E-state index contributed by atoms with van der Waals surface area (Å²) in [6.07, 6.45) is 2.32. The van der Waals surface area contributed by atoms with Gasteiger partial charge in [0.15, 0.2) is 0 Å². The summed E-state index contributed by atoms with van der Waals surface area (Å²) in [7, 11) is -1.17. The second-order valence-electron chi connectivity index (χ2n) is 5.90. The van der Waals surface area contributed by atoms with Gasteiger partial charge in [0.25, 0.3) is 0 Å². The molecule has 2 unspecified atom stereocenters. The van der Waals surface area contributed by atoms with Crippen LogP contribution in [0.4, 0.5) is 0 Å². The van der Waals surface area contributed by atoms with Gasteiger partial charge < -0.3 is 4.42 Å². The fourth-order valence-corrected chi connectivity index (χ4v) is 2.79. The highest BCUT2D eigenvalue weighted by Gasteiger charge is 2.25. The molecule has 114 valence electrons. The zero-order valence-electron chi connectivity index (χ0n) is 12.4. The minimum absolute atomic E-state index is 0.138. The average molecular weight is 326 g/mol. The van der Waals surface area contributed by atoms with Crippen molar-refractivity contribution in [3.05, 3.63) is 59.0 Å². The summed E-state index contributed by atoms with van der Waals surface area (Å²) >= 11 is 5.91. The summed E-state index contributed by atoms with van der Waals surface area (Å²) in [5.41, 5.74) is 1.11. The van der Waals surface area contributed by atoms with Gasteiger partial charge in [-0.2, -0.15) is 0 Å². The summed E-state index contributed by atoms with van der Waals surface area (Å²) in [6.45, 7) is 5.83. The number of rotatable bonds is 5. The Kier molecular flexibility index (Phi) is 5.25. The predicted molar refractivity (Wildman–Crippen MR) is 87.6 cm³/mol. The molecular formula is C16H20ClNO2S. The lowest BCUT2D eigenvalue weighted by Gasteiger charge is -2.23. The van der Waals surface area contributed by atoms with Gasteiger partial charge in [-0.05, 0) is 57.0 Å². The first-order valence-corrected chi connectivity index (χ1v) is 8.35. The lowest BCUT2D eigenvalue weighted by atomic mass is 10.1. The summed E-state index contributed by atoms with van der Waals surface area (Å²) in [5, 5.41) is 0.708. The molecule has 0 amide bonds. The zero-order valence-corrected chi connectivity index (χ0v) is 14.0. The van der Waals surface area contributed by atoms with Crippen molar-refractivity contribution in [1.29, 1.82) is 0 Å². The molecule has 21 heavy (non-hydrogen) atoms. The van der Waals surface area contributed by atoms with Gasteiger partial charge in [-0.1, -0.05) is 23.7 Å². The Morgan fingerprint density at radius 3 is 2.43 bits per heavy atom. The van der Waals surface area contributed by atoms with E-state index in [2.05, 4.69) is 4.72 Å². The van der Waals surface area contributed by atoms with Crippen molar-refractivity contribution >= 4 is 22.6 Å². The highest BCUT2D eigenvalue weighted by atomic mass is 35.5. The predicted octanol–water partition coefficient (Wildman–Crippen LogP) is 4.27. The van der Waals surface area contributed by atoms with E-state index in [-0.39, 0.29) is 10.8 Å². The van der Waals surface area contributed by atoms with Crippen LogP contribution in [0.2, 0.25) is 5.02 Å². The minimum atomic E-state index is -1.17. The Labute approximate surface area is 133 Å². The molecule has 0 aliphatic rings. The number of furan rings is 1. The molecule has 3 nitrogen and oxygen atoms in total. The molecule has 0 radical (unpaired) electrons. The van der Waals surface area contributed by atoms with Gasteiger partial charge in [-0.25, -0.2) is 8.93 Å². The highest BCUT2D eigenvalue weighted by molar-refractivity contribution is 7.84. The van der Waals surface area contributed by atoms with E-state index < -0.39 is 11.0 Å². The van der Waals surface area contributed by atoms with Gasteiger partial charge in [-0.3, -0.25) is 0 Å². The standard InChI is InChI=1S/C16H20ClNO2S/c1-16(2,3)21(19)18-14(15-5-4-10-20-15)11-12-6-8-13(17)9-7-12/h4-10,14,18H,11H2,1-3H3. The topological polar surface area (TPSA) is 42.2 Å². The Balaban J connectivity index is 2.17. The van der Waals surface area contributed by atoms with E-state index in [0.29, 0.717) is 11.4 Å². The van der Waals surface area contributed by atoms with Gasteiger partial charge in [0, 0.05) is 5.02 Å². The van der Waals surface area contributed by atoms with E-state index in [1.807, 2.05) is 57.2 Å². The van der Waals surface area contributed by atoms with E-state index in [4.69, 9.17) is 16.0 Å². The molecule has 0 bridgehead atoms. The van der Waals surface area contributed by atoms with E-state index >= 15 is 0 Å². The number of hydrogen-bond donors (Lipinski definition) is 1. The zero-order chi connectivity index (χ0) is 15.5. The second-order valence-corrected chi connectivity index (χ2v) is 8.33. The summed E-state index contributed by atoms with van der Waals surface area (Å²) in [4.78, 5) is 0. The average Bonchev–Trinajstić information content (AvgIpc) is 2.93. The first-order chi connectivity index (χ1) is 9.86. The number of benzene rings is 1. The molecule has 0 saturated carbocycles. The lowest BCUT2D eigenvalue weighted by molar-refractivity contribution is 0.446. The maximum atomic E-state index is 12.4. The van der Waals surface area contributed by atoms with Gasteiger partial charge in [-0.15, -0.1) is 0 Å². The van der Waals surface area contributed by atoms with Crippen LogP contribution in [0.15, 0.2) is 47.1 Å². The Morgan fingerprint density at radius 1 is 1.24 bits per heavy atom. The van der Waals surface area contributed by atoms with Crippen LogP contribution in [-0.4, -0.2) is 8.96 Å². The molecule has 0 aliphatic carbocycles. The minimum Gasteiger partial charge on any atom is -0.468 e. The highest BCUT2D eigenvalue weighted by Crippen LogP contribution is 2.22. The molecule has 2 atom stereocenters. The summed E-state index contributed by atoms with van der Waals surface area (Å²) < 4.78 is 20.7. The van der Waals surface area contributed by atoms with Crippen LogP contribution in [0.25, 0.3) is 0 Å². The monoisotopic (exact) mass is 325 g/mol. The molecule has 1 N–H and O–H groups in total. The largest absolute Gasteiger partial charge is 0.468 e. The molecule has 1 heterocycles. The Morgan fingerprint density at radius 2 is 1.90 bits per heavy atom. The normalized spacial score (nSPS) is 14.9. The van der Waals surface area contributed by atoms with Crippen molar-refractivity contribution in [2.24, 2.45) is 0 Å². The van der Waals surface area contributed by atoms with Gasteiger partial charge in [0.05, 0.1) is 28.0 Å². The third-order valence-corrected chi connectivity index (χ3v) is 4.91. The van der Waals surface area contributed by atoms with Gasteiger partial charge in [0.1, 0.15) is 5.76 Å². The van der Waals surface area contributed by atoms with Crippen molar-refractivity contribution in [1.82, 2.24) is 4.72 Å². The Hall–Kier alpha value is -1.10. The van der Waals surface area contributed by atoms with Crippen molar-refractivity contribution in [2.45, 2.75) is 38.0 Å². The van der Waals surface area contributed by atoms with Crippen LogP contribution >= 0.6 is 11.6 Å². The van der Waals surface area contributed by atoms with Crippen molar-refractivity contribution in [3.8, 4) is 0 Å². The molecule has 1 aromatic heterocycles. The van der Waals surface area contributed by atoms with E-state index in [1.54, 1.807) is 6.26 Å². The van der Waals surface area contributed by atoms with E-state index in [0.717, 1.165) is 11.3 Å². The van der Waals surface area contributed by atoms with Gasteiger partial charge >= 0.3 is 0 Å². The first kappa shape index (κ1) is 16.3. The molecule has 1 aromatic carbocycles. The van der Waals surface area contributed by atoms with E-state index in [1.165, 1.54) is 0 Å². The van der Waals surface area contributed by atoms with Crippen LogP contribution in [0.3, 0.4) is 0 Å². The molecule has 2 rings (SSSR count). The number of halogens is 1. The lowest BCUT2D eigenvalue weighted by Crippen LogP contribution is -2.36. The third-order valence-electron chi connectivity index (χ3n) is 3.05. The number of hydrogen-bond acceptors (Lipinski definition) is 2. The second kappa shape index (κ2) is 6.77. The Bertz CT molecular complexity index is 588.